The smallest absolute Gasteiger partial charge is 0.178 e. The summed E-state index contributed by atoms with van der Waals surface area (Å²) in [5.74, 6) is 0.733. The van der Waals surface area contributed by atoms with Crippen LogP contribution in [0.4, 0.5) is 0 Å². The van der Waals surface area contributed by atoms with Gasteiger partial charge in [0.05, 0.1) is 17.8 Å². The van der Waals surface area contributed by atoms with Crippen molar-refractivity contribution in [2.24, 2.45) is 0 Å². The van der Waals surface area contributed by atoms with Crippen molar-refractivity contribution in [3.63, 3.8) is 0 Å². The van der Waals surface area contributed by atoms with Crippen LogP contribution in [0.15, 0.2) is 53.7 Å². The lowest BCUT2D eigenvalue weighted by Crippen LogP contribution is -2.09. The maximum atomic E-state index is 12.1. The summed E-state index contributed by atoms with van der Waals surface area (Å²) in [7, 11) is -1.71. The number of ether oxygens (including phenoxy) is 1. The second-order valence-corrected chi connectivity index (χ2v) is 6.21. The summed E-state index contributed by atoms with van der Waals surface area (Å²) in [6.07, 6.45) is 3.81. The molecule has 0 saturated carbocycles. The van der Waals surface area contributed by atoms with Crippen LogP contribution in [-0.4, -0.2) is 26.3 Å². The van der Waals surface area contributed by atoms with Crippen molar-refractivity contribution in [3.05, 3.63) is 54.4 Å². The van der Waals surface area contributed by atoms with Crippen molar-refractivity contribution in [3.8, 4) is 5.75 Å². The minimum atomic E-state index is -3.26. The fraction of sp³-hybridized carbons (Fsp3) is 0.214. The average molecular weight is 314 g/mol. The van der Waals surface area contributed by atoms with Gasteiger partial charge in [0.2, 0.25) is 0 Å². The first-order valence-electron chi connectivity index (χ1n) is 5.87. The molecular formula is C14H16ClNO3S. The van der Waals surface area contributed by atoms with Crippen LogP contribution in [-0.2, 0) is 16.3 Å². The highest BCUT2D eigenvalue weighted by atomic mass is 35.5. The fourth-order valence-electron chi connectivity index (χ4n) is 1.70. The molecule has 0 atom stereocenters. The van der Waals surface area contributed by atoms with E-state index >= 15 is 0 Å². The number of pyridine rings is 1. The zero-order chi connectivity index (χ0) is 13.7. The standard InChI is InChI=1S/C14H15NO3S.ClH/c1-18-13-2-4-14(5-3-13)19(16,17)11-8-12-6-9-15-10-7-12;/h2-7,9-10H,8,11H2,1H3;1H. The van der Waals surface area contributed by atoms with E-state index in [1.165, 1.54) is 0 Å². The van der Waals surface area contributed by atoms with Crippen LogP contribution in [0.5, 0.6) is 5.75 Å². The van der Waals surface area contributed by atoms with E-state index in [-0.39, 0.29) is 18.2 Å². The Morgan fingerprint density at radius 2 is 1.65 bits per heavy atom. The average Bonchev–Trinajstić information content (AvgIpc) is 2.46. The molecule has 108 valence electrons. The molecule has 0 N–H and O–H groups in total. The lowest BCUT2D eigenvalue weighted by molar-refractivity contribution is 0.414. The van der Waals surface area contributed by atoms with Gasteiger partial charge in [0, 0.05) is 12.4 Å². The van der Waals surface area contributed by atoms with Crippen LogP contribution in [0.25, 0.3) is 0 Å². The van der Waals surface area contributed by atoms with Gasteiger partial charge in [-0.1, -0.05) is 0 Å². The van der Waals surface area contributed by atoms with Crippen molar-refractivity contribution < 1.29 is 13.2 Å². The quantitative estimate of drug-likeness (QED) is 0.851. The number of halogens is 1. The minimum Gasteiger partial charge on any atom is -0.497 e. The van der Waals surface area contributed by atoms with E-state index < -0.39 is 9.84 Å². The predicted molar refractivity (Wildman–Crippen MR) is 80.2 cm³/mol. The summed E-state index contributed by atoms with van der Waals surface area (Å²) in [5, 5.41) is 0. The molecule has 1 aromatic carbocycles. The Kier molecular flexibility index (Phi) is 5.98. The second kappa shape index (κ2) is 7.26. The third kappa shape index (κ3) is 4.21. The molecule has 0 spiro atoms. The molecular weight excluding hydrogens is 298 g/mol. The molecule has 1 aromatic heterocycles. The van der Waals surface area contributed by atoms with Gasteiger partial charge in [-0.2, -0.15) is 0 Å². The Labute approximate surface area is 125 Å². The Hall–Kier alpha value is -1.59. The normalized spacial score (nSPS) is 10.7. The van der Waals surface area contributed by atoms with Crippen molar-refractivity contribution >= 4 is 22.2 Å². The van der Waals surface area contributed by atoms with Gasteiger partial charge >= 0.3 is 0 Å². The molecule has 1 heterocycles. The van der Waals surface area contributed by atoms with Crippen LogP contribution < -0.4 is 4.74 Å². The van der Waals surface area contributed by atoms with Gasteiger partial charge in [0.1, 0.15) is 5.75 Å². The van der Waals surface area contributed by atoms with E-state index in [9.17, 15) is 8.42 Å². The molecule has 0 aliphatic heterocycles. The van der Waals surface area contributed by atoms with E-state index in [1.807, 2.05) is 12.1 Å². The molecule has 0 unspecified atom stereocenters. The Morgan fingerprint density at radius 3 is 2.20 bits per heavy atom. The number of hydrogen-bond acceptors (Lipinski definition) is 4. The molecule has 20 heavy (non-hydrogen) atoms. The van der Waals surface area contributed by atoms with Crippen molar-refractivity contribution in [1.29, 1.82) is 0 Å². The van der Waals surface area contributed by atoms with E-state index in [4.69, 9.17) is 4.74 Å². The highest BCUT2D eigenvalue weighted by Crippen LogP contribution is 2.17. The van der Waals surface area contributed by atoms with Crippen LogP contribution in [0.1, 0.15) is 5.56 Å². The van der Waals surface area contributed by atoms with E-state index in [0.29, 0.717) is 17.1 Å². The summed E-state index contributed by atoms with van der Waals surface area (Å²) in [5.41, 5.74) is 0.965. The summed E-state index contributed by atoms with van der Waals surface area (Å²) in [6.45, 7) is 0. The molecule has 0 amide bonds. The SMILES string of the molecule is COc1ccc(S(=O)(=O)CCc2ccncc2)cc1.Cl. The van der Waals surface area contributed by atoms with Crippen LogP contribution in [0.3, 0.4) is 0 Å². The highest BCUT2D eigenvalue weighted by molar-refractivity contribution is 7.91. The van der Waals surface area contributed by atoms with Gasteiger partial charge in [-0.3, -0.25) is 4.98 Å². The molecule has 2 aromatic rings. The number of sulfone groups is 1. The van der Waals surface area contributed by atoms with E-state index in [2.05, 4.69) is 4.98 Å². The van der Waals surface area contributed by atoms with Crippen molar-refractivity contribution in [1.82, 2.24) is 4.98 Å². The lowest BCUT2D eigenvalue weighted by Gasteiger charge is -2.05. The van der Waals surface area contributed by atoms with Gasteiger partial charge in [0.25, 0.3) is 0 Å². The third-order valence-corrected chi connectivity index (χ3v) is 4.56. The molecule has 0 radical (unpaired) electrons. The Morgan fingerprint density at radius 1 is 1.05 bits per heavy atom. The van der Waals surface area contributed by atoms with Crippen LogP contribution >= 0.6 is 12.4 Å². The molecule has 0 aliphatic rings. The maximum Gasteiger partial charge on any atom is 0.178 e. The number of rotatable bonds is 5. The number of aryl methyl sites for hydroxylation is 1. The fourth-order valence-corrected chi connectivity index (χ4v) is 2.99. The molecule has 0 aliphatic carbocycles. The number of benzene rings is 1. The lowest BCUT2D eigenvalue weighted by atomic mass is 10.2. The summed E-state index contributed by atoms with van der Waals surface area (Å²) in [6, 6.07) is 10.1. The monoisotopic (exact) mass is 313 g/mol. The third-order valence-electron chi connectivity index (χ3n) is 2.83. The summed E-state index contributed by atoms with van der Waals surface area (Å²) in [4.78, 5) is 4.23. The zero-order valence-electron chi connectivity index (χ0n) is 11.0. The first kappa shape index (κ1) is 16.5. The number of nitrogens with zero attached hydrogens (tertiary/aromatic N) is 1. The van der Waals surface area contributed by atoms with Crippen molar-refractivity contribution in [2.45, 2.75) is 11.3 Å². The largest absolute Gasteiger partial charge is 0.497 e. The van der Waals surface area contributed by atoms with Crippen LogP contribution in [0, 0.1) is 0 Å². The van der Waals surface area contributed by atoms with Gasteiger partial charge in [0.15, 0.2) is 9.84 Å². The number of methoxy groups -OCH3 is 1. The minimum absolute atomic E-state index is 0. The summed E-state index contributed by atoms with van der Waals surface area (Å²) < 4.78 is 29.3. The number of hydrogen-bond donors (Lipinski definition) is 0. The second-order valence-electron chi connectivity index (χ2n) is 4.10. The first-order valence-corrected chi connectivity index (χ1v) is 7.53. The van der Waals surface area contributed by atoms with E-state index in [1.54, 1.807) is 43.8 Å². The highest BCUT2D eigenvalue weighted by Gasteiger charge is 2.14. The maximum absolute atomic E-state index is 12.1. The molecule has 0 saturated heterocycles. The molecule has 0 fully saturated rings. The Balaban J connectivity index is 0.00000200. The molecule has 4 nitrogen and oxygen atoms in total. The van der Waals surface area contributed by atoms with Gasteiger partial charge in [-0.05, 0) is 48.4 Å². The number of aromatic nitrogens is 1. The summed E-state index contributed by atoms with van der Waals surface area (Å²) >= 11 is 0. The molecule has 6 heteroatoms. The van der Waals surface area contributed by atoms with E-state index in [0.717, 1.165) is 5.56 Å². The van der Waals surface area contributed by atoms with Gasteiger partial charge < -0.3 is 4.74 Å². The van der Waals surface area contributed by atoms with Crippen LogP contribution in [0.2, 0.25) is 0 Å². The molecule has 2 rings (SSSR count). The first-order chi connectivity index (χ1) is 9.12. The Bertz CT molecular complexity index is 627. The van der Waals surface area contributed by atoms with Gasteiger partial charge in [-0.15, -0.1) is 12.4 Å². The molecule has 0 bridgehead atoms. The topological polar surface area (TPSA) is 56.3 Å². The van der Waals surface area contributed by atoms with Gasteiger partial charge in [-0.25, -0.2) is 8.42 Å². The zero-order valence-corrected chi connectivity index (χ0v) is 12.7. The van der Waals surface area contributed by atoms with Crippen molar-refractivity contribution in [2.75, 3.05) is 12.9 Å². The predicted octanol–water partition coefficient (Wildman–Crippen LogP) is 2.53.